The van der Waals surface area contributed by atoms with Crippen molar-refractivity contribution in [2.45, 2.75) is 18.9 Å². The van der Waals surface area contributed by atoms with Gasteiger partial charge in [-0.3, -0.25) is 9.13 Å². The summed E-state index contributed by atoms with van der Waals surface area (Å²) in [5, 5.41) is 16.9. The summed E-state index contributed by atoms with van der Waals surface area (Å²) in [5.74, 6) is 0.487. The summed E-state index contributed by atoms with van der Waals surface area (Å²) in [4.78, 5) is 22.1. The molecule has 0 unspecified atom stereocenters. The number of fused-ring (bicyclic) bond motifs is 2. The number of aromatic nitrogens is 6. The number of nitrogens with zero attached hydrogens (tertiary/aromatic N) is 7. The number of aryl methyl sites for hydroxylation is 1. The van der Waals surface area contributed by atoms with Gasteiger partial charge >= 0.3 is 5.69 Å². The summed E-state index contributed by atoms with van der Waals surface area (Å²) < 4.78 is 5.06. The first kappa shape index (κ1) is 16.6. The molecule has 0 spiro atoms. The summed E-state index contributed by atoms with van der Waals surface area (Å²) in [6.07, 6.45) is 7.07. The number of rotatable bonds is 2. The number of nitrogens with one attached hydrogen (secondary N) is 1. The summed E-state index contributed by atoms with van der Waals surface area (Å²) in [6.45, 7) is 1.72. The maximum absolute atomic E-state index is 12.9. The van der Waals surface area contributed by atoms with Crippen LogP contribution >= 0.6 is 0 Å². The van der Waals surface area contributed by atoms with Crippen molar-refractivity contribution in [3.63, 3.8) is 0 Å². The van der Waals surface area contributed by atoms with Gasteiger partial charge in [-0.1, -0.05) is 0 Å². The molecule has 9 nitrogen and oxygen atoms in total. The molecule has 1 fully saturated rings. The molecular formula is C19H18N8O. The van der Waals surface area contributed by atoms with E-state index in [0.29, 0.717) is 22.6 Å². The predicted molar refractivity (Wildman–Crippen MR) is 103 cm³/mol. The highest BCUT2D eigenvalue weighted by atomic mass is 16.1. The van der Waals surface area contributed by atoms with Crippen LogP contribution in [0.25, 0.3) is 28.1 Å². The molecule has 0 amide bonds. The van der Waals surface area contributed by atoms with Crippen LogP contribution in [-0.2, 0) is 7.05 Å². The molecule has 28 heavy (non-hydrogen) atoms. The molecule has 1 atom stereocenters. The molecule has 1 aliphatic heterocycles. The molecule has 5 rings (SSSR count). The van der Waals surface area contributed by atoms with E-state index < -0.39 is 0 Å². The average Bonchev–Trinajstić information content (AvgIpc) is 3.27. The Labute approximate surface area is 159 Å². The third kappa shape index (κ3) is 2.42. The second kappa shape index (κ2) is 6.28. The lowest BCUT2D eigenvalue weighted by molar-refractivity contribution is 0.368. The Bertz CT molecular complexity index is 1300. The zero-order valence-corrected chi connectivity index (χ0v) is 15.3. The highest BCUT2D eigenvalue weighted by Crippen LogP contribution is 2.25. The van der Waals surface area contributed by atoms with Crippen molar-refractivity contribution >= 4 is 16.7 Å². The molecule has 1 saturated heterocycles. The Balaban J connectivity index is 1.72. The minimum Gasteiger partial charge on any atom is -0.315 e. The molecule has 1 aliphatic rings. The van der Waals surface area contributed by atoms with Gasteiger partial charge in [0.1, 0.15) is 5.52 Å². The molecule has 0 aromatic carbocycles. The molecule has 5 heterocycles. The van der Waals surface area contributed by atoms with E-state index in [1.54, 1.807) is 51.4 Å². The van der Waals surface area contributed by atoms with E-state index in [0.717, 1.165) is 37.0 Å². The van der Waals surface area contributed by atoms with Gasteiger partial charge in [-0.2, -0.15) is 10.4 Å². The maximum atomic E-state index is 12.9. The largest absolute Gasteiger partial charge is 0.330 e. The van der Waals surface area contributed by atoms with Crippen LogP contribution in [-0.4, -0.2) is 41.8 Å². The Morgan fingerprint density at radius 1 is 1.32 bits per heavy atom. The third-order valence-corrected chi connectivity index (χ3v) is 5.36. The van der Waals surface area contributed by atoms with Crippen LogP contribution in [0.3, 0.4) is 0 Å². The molecule has 0 bridgehead atoms. The quantitative estimate of drug-likeness (QED) is 0.566. The fraction of sp³-hybridized carbons (Fsp3) is 0.316. The Morgan fingerprint density at radius 3 is 3.00 bits per heavy atom. The summed E-state index contributed by atoms with van der Waals surface area (Å²) >= 11 is 0. The molecule has 4 aromatic heterocycles. The number of nitriles is 1. The van der Waals surface area contributed by atoms with Crippen molar-refractivity contribution < 1.29 is 0 Å². The van der Waals surface area contributed by atoms with Crippen LogP contribution in [0.4, 0.5) is 0 Å². The fourth-order valence-electron chi connectivity index (χ4n) is 3.87. The Kier molecular flexibility index (Phi) is 3.74. The van der Waals surface area contributed by atoms with E-state index in [1.165, 1.54) is 0 Å². The highest BCUT2D eigenvalue weighted by Gasteiger charge is 2.23. The van der Waals surface area contributed by atoms with E-state index in [2.05, 4.69) is 21.5 Å². The van der Waals surface area contributed by atoms with E-state index >= 15 is 0 Å². The first-order valence-corrected chi connectivity index (χ1v) is 9.20. The monoisotopic (exact) mass is 374 g/mol. The Morgan fingerprint density at radius 2 is 2.21 bits per heavy atom. The van der Waals surface area contributed by atoms with E-state index in [4.69, 9.17) is 4.98 Å². The maximum Gasteiger partial charge on any atom is 0.330 e. The van der Waals surface area contributed by atoms with Gasteiger partial charge in [-0.15, -0.1) is 0 Å². The zero-order valence-electron chi connectivity index (χ0n) is 15.3. The summed E-state index contributed by atoms with van der Waals surface area (Å²) in [5.41, 5.74) is 3.27. The lowest BCUT2D eigenvalue weighted by Crippen LogP contribution is -2.36. The summed E-state index contributed by atoms with van der Waals surface area (Å²) in [6, 6.07) is 5.68. The van der Waals surface area contributed by atoms with Crippen LogP contribution in [0.5, 0.6) is 0 Å². The normalized spacial score (nSPS) is 17.2. The number of hydrogen-bond acceptors (Lipinski definition) is 6. The van der Waals surface area contributed by atoms with Crippen LogP contribution in [0, 0.1) is 11.3 Å². The van der Waals surface area contributed by atoms with Gasteiger partial charge in [0.25, 0.3) is 0 Å². The Hall–Kier alpha value is -3.51. The fourth-order valence-corrected chi connectivity index (χ4v) is 3.87. The molecular weight excluding hydrogens is 356 g/mol. The van der Waals surface area contributed by atoms with Crippen molar-refractivity contribution in [1.82, 2.24) is 34.0 Å². The van der Waals surface area contributed by atoms with E-state index in [1.807, 2.05) is 0 Å². The van der Waals surface area contributed by atoms with Crippen molar-refractivity contribution in [3.8, 4) is 17.5 Å². The number of pyridine rings is 1. The number of piperidine rings is 1. The van der Waals surface area contributed by atoms with Crippen LogP contribution in [0.15, 0.2) is 35.5 Å². The zero-order chi connectivity index (χ0) is 19.3. The topological polar surface area (TPSA) is 106 Å². The smallest absolute Gasteiger partial charge is 0.315 e. The van der Waals surface area contributed by atoms with Gasteiger partial charge in [0, 0.05) is 19.8 Å². The SMILES string of the molecule is Cn1c(=O)n([C@H]2CCCNC2)c2nc(-c3cnn4ccc(C#N)cc34)ncc21. The molecule has 0 saturated carbocycles. The first-order chi connectivity index (χ1) is 13.7. The third-order valence-electron chi connectivity index (χ3n) is 5.36. The lowest BCUT2D eigenvalue weighted by atomic mass is 10.1. The number of hydrogen-bond donors (Lipinski definition) is 1. The van der Waals surface area contributed by atoms with Gasteiger partial charge in [0.2, 0.25) is 0 Å². The van der Waals surface area contributed by atoms with E-state index in [9.17, 15) is 10.1 Å². The molecule has 4 aromatic rings. The van der Waals surface area contributed by atoms with E-state index in [-0.39, 0.29) is 11.7 Å². The van der Waals surface area contributed by atoms with Crippen LogP contribution in [0.2, 0.25) is 0 Å². The van der Waals surface area contributed by atoms with Crippen molar-refractivity contribution in [2.24, 2.45) is 7.05 Å². The molecule has 9 heteroatoms. The van der Waals surface area contributed by atoms with Crippen molar-refractivity contribution in [2.75, 3.05) is 13.1 Å². The molecule has 1 N–H and O–H groups in total. The van der Waals surface area contributed by atoms with Gasteiger partial charge in [-0.05, 0) is 31.5 Å². The highest BCUT2D eigenvalue weighted by molar-refractivity contribution is 5.80. The van der Waals surface area contributed by atoms with Gasteiger partial charge < -0.3 is 5.32 Å². The molecule has 0 radical (unpaired) electrons. The number of imidazole rings is 1. The first-order valence-electron chi connectivity index (χ1n) is 9.20. The minimum absolute atomic E-state index is 0.0711. The van der Waals surface area contributed by atoms with Crippen LogP contribution in [0.1, 0.15) is 24.4 Å². The second-order valence-corrected chi connectivity index (χ2v) is 7.03. The van der Waals surface area contributed by atoms with Crippen LogP contribution < -0.4 is 11.0 Å². The standard InChI is InChI=1S/C19H18N8O/c1-25-16-11-22-17(14-10-23-26-6-4-12(8-20)7-15(14)26)24-18(16)27(19(25)28)13-3-2-5-21-9-13/h4,6-7,10-11,13,21H,2-3,5,9H2,1H3/t13-/m0/s1. The minimum atomic E-state index is -0.0817. The molecule has 0 aliphatic carbocycles. The second-order valence-electron chi connectivity index (χ2n) is 7.03. The summed E-state index contributed by atoms with van der Waals surface area (Å²) in [7, 11) is 1.75. The van der Waals surface area contributed by atoms with Crippen molar-refractivity contribution in [1.29, 1.82) is 5.26 Å². The van der Waals surface area contributed by atoms with Crippen molar-refractivity contribution in [3.05, 3.63) is 46.8 Å². The average molecular weight is 374 g/mol. The lowest BCUT2D eigenvalue weighted by Gasteiger charge is -2.23. The molecule has 140 valence electrons. The predicted octanol–water partition coefficient (Wildman–Crippen LogP) is 1.24. The van der Waals surface area contributed by atoms with Gasteiger partial charge in [-0.25, -0.2) is 19.3 Å². The van der Waals surface area contributed by atoms with Gasteiger partial charge in [0.15, 0.2) is 11.5 Å². The van der Waals surface area contributed by atoms with Gasteiger partial charge in [0.05, 0.1) is 41.1 Å².